The predicted molar refractivity (Wildman–Crippen MR) is 187 cm³/mol. The van der Waals surface area contributed by atoms with Crippen molar-refractivity contribution in [1.82, 2.24) is 19.7 Å². The molecule has 242 valence electrons. The van der Waals surface area contributed by atoms with E-state index in [1.54, 1.807) is 23.0 Å². The van der Waals surface area contributed by atoms with Gasteiger partial charge in [-0.1, -0.05) is 47.7 Å². The number of para-hydroxylation sites is 1. The van der Waals surface area contributed by atoms with Crippen LogP contribution >= 0.6 is 11.3 Å². The van der Waals surface area contributed by atoms with E-state index in [1.807, 2.05) is 87.6 Å². The van der Waals surface area contributed by atoms with Gasteiger partial charge in [0.25, 0.3) is 5.91 Å². The zero-order valence-electron chi connectivity index (χ0n) is 26.8. The second-order valence-electron chi connectivity index (χ2n) is 12.7. The summed E-state index contributed by atoms with van der Waals surface area (Å²) in [6, 6.07) is 24.3. The van der Waals surface area contributed by atoms with Gasteiger partial charge in [0, 0.05) is 36.0 Å². The number of nitrogens with one attached hydrogen (secondary N) is 1. The summed E-state index contributed by atoms with van der Waals surface area (Å²) in [5, 5.41) is 17.7. The molecular weight excluding hydrogens is 625 g/mol. The molecule has 1 aliphatic heterocycles. The maximum Gasteiger partial charge on any atom is 0.358 e. The van der Waals surface area contributed by atoms with Crippen LogP contribution in [0.4, 0.5) is 10.9 Å². The molecule has 3 aromatic heterocycles. The van der Waals surface area contributed by atoms with Crippen molar-refractivity contribution in [2.45, 2.75) is 45.9 Å². The van der Waals surface area contributed by atoms with Crippen molar-refractivity contribution >= 4 is 44.4 Å². The SMILES string of the molecule is CC(C)(C)OC(=O)c1nc(N2CCc3cccc(C(=O)Nc4nc5ccccc5s4)c3C2)ccc1-c1cnn(Cc2ccc(O)cc2)c1. The molecule has 0 bridgehead atoms. The molecule has 0 atom stereocenters. The Morgan fingerprint density at radius 1 is 0.979 bits per heavy atom. The van der Waals surface area contributed by atoms with Crippen LogP contribution in [0.2, 0.25) is 0 Å². The third-order valence-electron chi connectivity index (χ3n) is 8.05. The molecule has 48 heavy (non-hydrogen) atoms. The van der Waals surface area contributed by atoms with Gasteiger partial charge in [0.2, 0.25) is 0 Å². The van der Waals surface area contributed by atoms with Crippen molar-refractivity contribution in [3.05, 3.63) is 119 Å². The van der Waals surface area contributed by atoms with E-state index in [9.17, 15) is 14.7 Å². The van der Waals surface area contributed by atoms with Crippen LogP contribution in [0, 0.1) is 0 Å². The molecule has 0 unspecified atom stereocenters. The third kappa shape index (κ3) is 6.63. The number of carbonyl (C=O) groups is 2. The van der Waals surface area contributed by atoms with Crippen LogP contribution in [0.1, 0.15) is 58.3 Å². The second-order valence-corrected chi connectivity index (χ2v) is 13.7. The number of pyridine rings is 1. The number of aromatic hydroxyl groups is 1. The van der Waals surface area contributed by atoms with E-state index in [1.165, 1.54) is 11.3 Å². The highest BCUT2D eigenvalue weighted by Gasteiger charge is 2.27. The first-order chi connectivity index (χ1) is 23.1. The molecule has 0 saturated carbocycles. The van der Waals surface area contributed by atoms with Crippen molar-refractivity contribution < 1.29 is 19.4 Å². The Morgan fingerprint density at radius 3 is 2.58 bits per heavy atom. The number of esters is 1. The Kier molecular flexibility index (Phi) is 8.14. The number of ether oxygens (including phenoxy) is 1. The number of benzene rings is 3. The minimum absolute atomic E-state index is 0.194. The number of hydrogen-bond acceptors (Lipinski definition) is 9. The quantitative estimate of drug-likeness (QED) is 0.175. The zero-order valence-corrected chi connectivity index (χ0v) is 27.6. The summed E-state index contributed by atoms with van der Waals surface area (Å²) < 4.78 is 8.58. The predicted octanol–water partition coefficient (Wildman–Crippen LogP) is 7.08. The number of thiazole rings is 1. The number of nitrogens with zero attached hydrogens (tertiary/aromatic N) is 5. The van der Waals surface area contributed by atoms with Crippen LogP contribution < -0.4 is 10.2 Å². The van der Waals surface area contributed by atoms with E-state index in [4.69, 9.17) is 9.72 Å². The topological polar surface area (TPSA) is 122 Å². The smallest absolute Gasteiger partial charge is 0.358 e. The molecular formula is C37H34N6O4S. The molecule has 0 spiro atoms. The fraction of sp³-hybridized carbons (Fsp3) is 0.216. The average molecular weight is 659 g/mol. The summed E-state index contributed by atoms with van der Waals surface area (Å²) in [4.78, 5) is 38.7. The maximum atomic E-state index is 13.6. The highest BCUT2D eigenvalue weighted by atomic mass is 32.1. The highest BCUT2D eigenvalue weighted by molar-refractivity contribution is 7.22. The van der Waals surface area contributed by atoms with Crippen molar-refractivity contribution in [3.8, 4) is 16.9 Å². The molecule has 0 saturated heterocycles. The lowest BCUT2D eigenvalue weighted by Gasteiger charge is -2.31. The van der Waals surface area contributed by atoms with Gasteiger partial charge in [0.15, 0.2) is 10.8 Å². The Balaban J connectivity index is 1.17. The van der Waals surface area contributed by atoms with Crippen LogP contribution in [-0.4, -0.2) is 48.9 Å². The number of fused-ring (bicyclic) bond motifs is 2. The maximum absolute atomic E-state index is 13.6. The van der Waals surface area contributed by atoms with Crippen LogP contribution in [0.25, 0.3) is 21.3 Å². The summed E-state index contributed by atoms with van der Waals surface area (Å²) in [7, 11) is 0. The van der Waals surface area contributed by atoms with Gasteiger partial charge in [0.1, 0.15) is 17.2 Å². The fourth-order valence-corrected chi connectivity index (χ4v) is 6.66. The number of carbonyl (C=O) groups excluding carboxylic acids is 2. The van der Waals surface area contributed by atoms with Crippen LogP contribution in [-0.2, 0) is 24.2 Å². The van der Waals surface area contributed by atoms with Crippen molar-refractivity contribution in [2.75, 3.05) is 16.8 Å². The number of anilines is 2. The standard InChI is InChI=1S/C37H34N6O4S/c1-37(2,3)47-35(46)33-27(25-19-38-43(21-25)20-23-11-13-26(44)14-12-23)15-16-32(40-33)42-18-17-24-7-6-8-28(29(24)22-42)34(45)41-36-39-30-9-4-5-10-31(30)48-36/h4-16,19,21,44H,17-18,20,22H2,1-3H3,(H,39,41,45). The van der Waals surface area contributed by atoms with E-state index in [2.05, 4.69) is 26.4 Å². The first-order valence-corrected chi connectivity index (χ1v) is 16.5. The molecule has 0 fully saturated rings. The molecule has 0 radical (unpaired) electrons. The van der Waals surface area contributed by atoms with Gasteiger partial charge in [-0.25, -0.2) is 14.8 Å². The minimum Gasteiger partial charge on any atom is -0.508 e. The van der Waals surface area contributed by atoms with E-state index in [-0.39, 0.29) is 17.4 Å². The van der Waals surface area contributed by atoms with E-state index in [0.29, 0.717) is 48.1 Å². The van der Waals surface area contributed by atoms with E-state index < -0.39 is 11.6 Å². The molecule has 1 amide bonds. The first kappa shape index (κ1) is 31.1. The summed E-state index contributed by atoms with van der Waals surface area (Å²) in [6.07, 6.45) is 4.29. The monoisotopic (exact) mass is 658 g/mol. The number of aromatic nitrogens is 4. The second kappa shape index (κ2) is 12.6. The lowest BCUT2D eigenvalue weighted by atomic mass is 9.94. The molecule has 11 heteroatoms. The first-order valence-electron chi connectivity index (χ1n) is 15.7. The van der Waals surface area contributed by atoms with Gasteiger partial charge >= 0.3 is 5.97 Å². The summed E-state index contributed by atoms with van der Waals surface area (Å²) in [5.41, 5.74) is 5.24. The van der Waals surface area contributed by atoms with Gasteiger partial charge in [-0.15, -0.1) is 0 Å². The van der Waals surface area contributed by atoms with Gasteiger partial charge in [-0.05, 0) is 86.3 Å². The molecule has 4 heterocycles. The Bertz CT molecular complexity index is 2110. The highest BCUT2D eigenvalue weighted by Crippen LogP contribution is 2.32. The molecule has 0 aliphatic carbocycles. The lowest BCUT2D eigenvalue weighted by molar-refractivity contribution is 0.00638. The largest absolute Gasteiger partial charge is 0.508 e. The van der Waals surface area contributed by atoms with Crippen LogP contribution in [0.5, 0.6) is 5.75 Å². The van der Waals surface area contributed by atoms with Crippen molar-refractivity contribution in [2.24, 2.45) is 0 Å². The van der Waals surface area contributed by atoms with Gasteiger partial charge in [-0.2, -0.15) is 5.10 Å². The Morgan fingerprint density at radius 2 is 1.79 bits per heavy atom. The number of rotatable bonds is 7. The zero-order chi connectivity index (χ0) is 33.4. The van der Waals surface area contributed by atoms with Gasteiger partial charge in [0.05, 0.1) is 23.0 Å². The molecule has 1 aliphatic rings. The number of phenols is 1. The molecule has 3 aromatic carbocycles. The Labute approximate surface area is 281 Å². The average Bonchev–Trinajstić information content (AvgIpc) is 3.70. The number of hydrogen-bond donors (Lipinski definition) is 2. The van der Waals surface area contributed by atoms with Crippen molar-refractivity contribution in [3.63, 3.8) is 0 Å². The van der Waals surface area contributed by atoms with Crippen molar-refractivity contribution in [1.29, 1.82) is 0 Å². The van der Waals surface area contributed by atoms with Gasteiger partial charge < -0.3 is 14.7 Å². The molecule has 7 rings (SSSR count). The van der Waals surface area contributed by atoms with E-state index in [0.717, 1.165) is 32.5 Å². The Hall–Kier alpha value is -5.55. The fourth-order valence-electron chi connectivity index (χ4n) is 5.80. The lowest BCUT2D eigenvalue weighted by Crippen LogP contribution is -2.33. The summed E-state index contributed by atoms with van der Waals surface area (Å²) >= 11 is 1.44. The molecule has 6 aromatic rings. The van der Waals surface area contributed by atoms with E-state index >= 15 is 0 Å². The molecule has 10 nitrogen and oxygen atoms in total. The normalized spacial score (nSPS) is 12.9. The number of amides is 1. The third-order valence-corrected chi connectivity index (χ3v) is 9.01. The summed E-state index contributed by atoms with van der Waals surface area (Å²) in [6.45, 7) is 7.09. The summed E-state index contributed by atoms with van der Waals surface area (Å²) in [5.74, 6) is 0.0751. The number of phenolic OH excluding ortho intramolecular Hbond substituents is 1. The van der Waals surface area contributed by atoms with Crippen LogP contribution in [0.3, 0.4) is 0 Å². The van der Waals surface area contributed by atoms with Gasteiger partial charge in [-0.3, -0.25) is 14.8 Å². The minimum atomic E-state index is -0.718. The van der Waals surface area contributed by atoms with Crippen LogP contribution in [0.15, 0.2) is 91.3 Å². The molecule has 2 N–H and O–H groups in total.